The van der Waals surface area contributed by atoms with Crippen LogP contribution in [0.3, 0.4) is 0 Å². The molecule has 6 heteroatoms. The SMILES string of the molecule is CC1(C)CNCCN(CC2CCNC2)S1(=O)=O. The molecule has 17 heavy (non-hydrogen) atoms. The summed E-state index contributed by atoms with van der Waals surface area (Å²) in [6.45, 7) is 8.13. The van der Waals surface area contributed by atoms with Crippen molar-refractivity contribution in [3.05, 3.63) is 0 Å². The highest BCUT2D eigenvalue weighted by molar-refractivity contribution is 7.90. The van der Waals surface area contributed by atoms with E-state index in [9.17, 15) is 8.42 Å². The first-order valence-electron chi connectivity index (χ1n) is 6.34. The first-order chi connectivity index (χ1) is 7.93. The minimum Gasteiger partial charge on any atom is -0.316 e. The Bertz CT molecular complexity index is 361. The molecule has 1 atom stereocenters. The number of hydrogen-bond acceptors (Lipinski definition) is 4. The predicted molar refractivity (Wildman–Crippen MR) is 68.4 cm³/mol. The van der Waals surface area contributed by atoms with Gasteiger partial charge < -0.3 is 10.6 Å². The van der Waals surface area contributed by atoms with Gasteiger partial charge in [-0.15, -0.1) is 0 Å². The molecule has 5 nitrogen and oxygen atoms in total. The van der Waals surface area contributed by atoms with Crippen LogP contribution < -0.4 is 10.6 Å². The van der Waals surface area contributed by atoms with Crippen LogP contribution in [0, 0.1) is 5.92 Å². The van der Waals surface area contributed by atoms with E-state index in [1.165, 1.54) is 0 Å². The van der Waals surface area contributed by atoms with Gasteiger partial charge in [-0.25, -0.2) is 8.42 Å². The summed E-state index contributed by atoms with van der Waals surface area (Å²) in [5.41, 5.74) is 0. The number of sulfonamides is 1. The average Bonchev–Trinajstić information content (AvgIpc) is 2.71. The fraction of sp³-hybridized carbons (Fsp3) is 1.00. The minimum atomic E-state index is -3.18. The van der Waals surface area contributed by atoms with E-state index in [0.717, 1.165) is 26.1 Å². The van der Waals surface area contributed by atoms with Crippen molar-refractivity contribution in [2.45, 2.75) is 25.0 Å². The fourth-order valence-corrected chi connectivity index (χ4v) is 4.22. The lowest BCUT2D eigenvalue weighted by Crippen LogP contribution is -2.47. The first kappa shape index (κ1) is 13.3. The number of nitrogens with one attached hydrogen (secondary N) is 2. The molecule has 0 bridgehead atoms. The zero-order valence-corrected chi connectivity index (χ0v) is 11.5. The Balaban J connectivity index is 2.13. The Labute approximate surface area is 104 Å². The average molecular weight is 261 g/mol. The molecule has 0 aromatic heterocycles. The van der Waals surface area contributed by atoms with E-state index in [1.807, 2.05) is 0 Å². The van der Waals surface area contributed by atoms with Crippen molar-refractivity contribution in [2.75, 3.05) is 39.3 Å². The minimum absolute atomic E-state index is 0.471. The summed E-state index contributed by atoms with van der Waals surface area (Å²) < 4.78 is 26.0. The molecule has 0 amide bonds. The third-order valence-electron chi connectivity index (χ3n) is 3.75. The van der Waals surface area contributed by atoms with Gasteiger partial charge >= 0.3 is 0 Å². The monoisotopic (exact) mass is 261 g/mol. The van der Waals surface area contributed by atoms with Gasteiger partial charge in [-0.2, -0.15) is 4.31 Å². The van der Waals surface area contributed by atoms with Crippen molar-refractivity contribution in [1.82, 2.24) is 14.9 Å². The zero-order chi connectivity index (χ0) is 12.5. The molecular formula is C11H23N3O2S. The van der Waals surface area contributed by atoms with E-state index < -0.39 is 14.8 Å². The topological polar surface area (TPSA) is 61.4 Å². The van der Waals surface area contributed by atoms with Gasteiger partial charge in [0.25, 0.3) is 0 Å². The number of rotatable bonds is 2. The molecule has 2 rings (SSSR count). The van der Waals surface area contributed by atoms with Crippen LogP contribution >= 0.6 is 0 Å². The van der Waals surface area contributed by atoms with Gasteiger partial charge in [-0.3, -0.25) is 0 Å². The molecule has 2 saturated heterocycles. The summed E-state index contributed by atoms with van der Waals surface area (Å²) in [5, 5.41) is 6.50. The highest BCUT2D eigenvalue weighted by atomic mass is 32.2. The smallest absolute Gasteiger partial charge is 0.220 e. The van der Waals surface area contributed by atoms with Crippen molar-refractivity contribution in [1.29, 1.82) is 0 Å². The van der Waals surface area contributed by atoms with Gasteiger partial charge in [0.15, 0.2) is 0 Å². The molecule has 100 valence electrons. The summed E-state index contributed by atoms with van der Waals surface area (Å²) in [7, 11) is -3.18. The molecule has 1 unspecified atom stereocenters. The second-order valence-electron chi connectivity index (χ2n) is 5.66. The van der Waals surface area contributed by atoms with Crippen LogP contribution in [0.25, 0.3) is 0 Å². The molecular weight excluding hydrogens is 238 g/mol. The van der Waals surface area contributed by atoms with Crippen LogP contribution in [-0.2, 0) is 10.0 Å². The molecule has 0 radical (unpaired) electrons. The normalized spacial score (nSPS) is 33.4. The van der Waals surface area contributed by atoms with E-state index >= 15 is 0 Å². The summed E-state index contributed by atoms with van der Waals surface area (Å²) in [6.07, 6.45) is 1.08. The molecule has 0 aromatic rings. The molecule has 0 aromatic carbocycles. The highest BCUT2D eigenvalue weighted by Crippen LogP contribution is 2.24. The van der Waals surface area contributed by atoms with Crippen LogP contribution in [-0.4, -0.2) is 56.7 Å². The lowest BCUT2D eigenvalue weighted by Gasteiger charge is -2.30. The Hall–Kier alpha value is -0.170. The lowest BCUT2D eigenvalue weighted by molar-refractivity contribution is 0.356. The van der Waals surface area contributed by atoms with Crippen molar-refractivity contribution in [2.24, 2.45) is 5.92 Å². The molecule has 2 fully saturated rings. The number of nitrogens with zero attached hydrogens (tertiary/aromatic N) is 1. The van der Waals surface area contributed by atoms with Crippen molar-refractivity contribution in [3.8, 4) is 0 Å². The first-order valence-corrected chi connectivity index (χ1v) is 7.79. The molecule has 0 aliphatic carbocycles. The summed E-state index contributed by atoms with van der Waals surface area (Å²) in [6, 6.07) is 0. The zero-order valence-electron chi connectivity index (χ0n) is 10.7. The van der Waals surface area contributed by atoms with Gasteiger partial charge in [0.1, 0.15) is 0 Å². The standard InChI is InChI=1S/C11H23N3O2S/c1-11(2)9-13-5-6-14(17(11,15)16)8-10-3-4-12-7-10/h10,12-13H,3-9H2,1-2H3. The Morgan fingerprint density at radius 2 is 2.06 bits per heavy atom. The second kappa shape index (κ2) is 4.84. The van der Waals surface area contributed by atoms with Gasteiger partial charge in [0, 0.05) is 26.2 Å². The highest BCUT2D eigenvalue weighted by Gasteiger charge is 2.41. The van der Waals surface area contributed by atoms with Gasteiger partial charge in [-0.05, 0) is 39.3 Å². The largest absolute Gasteiger partial charge is 0.316 e. The van der Waals surface area contributed by atoms with Crippen LogP contribution in [0.15, 0.2) is 0 Å². The van der Waals surface area contributed by atoms with Crippen LogP contribution in [0.2, 0.25) is 0 Å². The molecule has 2 N–H and O–H groups in total. The van der Waals surface area contributed by atoms with E-state index in [-0.39, 0.29) is 0 Å². The van der Waals surface area contributed by atoms with Gasteiger partial charge in [0.05, 0.1) is 4.75 Å². The Kier molecular flexibility index (Phi) is 3.77. The van der Waals surface area contributed by atoms with E-state index in [4.69, 9.17) is 0 Å². The van der Waals surface area contributed by atoms with Crippen molar-refractivity contribution < 1.29 is 8.42 Å². The van der Waals surface area contributed by atoms with Crippen LogP contribution in [0.5, 0.6) is 0 Å². The van der Waals surface area contributed by atoms with Crippen LogP contribution in [0.4, 0.5) is 0 Å². The second-order valence-corrected chi connectivity index (χ2v) is 8.23. The number of hydrogen-bond donors (Lipinski definition) is 2. The quantitative estimate of drug-likeness (QED) is 0.711. The van der Waals surface area contributed by atoms with Crippen molar-refractivity contribution in [3.63, 3.8) is 0 Å². The lowest BCUT2D eigenvalue weighted by atomic mass is 10.1. The summed E-state index contributed by atoms with van der Waals surface area (Å²) >= 11 is 0. The summed E-state index contributed by atoms with van der Waals surface area (Å²) in [5.74, 6) is 0.471. The Morgan fingerprint density at radius 3 is 2.71 bits per heavy atom. The van der Waals surface area contributed by atoms with Crippen molar-refractivity contribution >= 4 is 10.0 Å². The molecule has 0 spiro atoms. The molecule has 0 saturated carbocycles. The molecule has 2 heterocycles. The maximum Gasteiger partial charge on any atom is 0.220 e. The third kappa shape index (κ3) is 2.65. The fourth-order valence-electron chi connectivity index (χ4n) is 2.50. The summed E-state index contributed by atoms with van der Waals surface area (Å²) in [4.78, 5) is 0. The van der Waals surface area contributed by atoms with E-state index in [1.54, 1.807) is 18.2 Å². The maximum atomic E-state index is 12.5. The predicted octanol–water partition coefficient (Wildman–Crippen LogP) is -0.390. The van der Waals surface area contributed by atoms with Crippen LogP contribution in [0.1, 0.15) is 20.3 Å². The van der Waals surface area contributed by atoms with E-state index in [2.05, 4.69) is 10.6 Å². The van der Waals surface area contributed by atoms with Gasteiger partial charge in [0.2, 0.25) is 10.0 Å². The Morgan fingerprint density at radius 1 is 1.29 bits per heavy atom. The third-order valence-corrected chi connectivity index (χ3v) is 6.30. The molecule has 2 aliphatic rings. The maximum absolute atomic E-state index is 12.5. The molecule has 2 aliphatic heterocycles. The van der Waals surface area contributed by atoms with Gasteiger partial charge in [-0.1, -0.05) is 0 Å². The van der Waals surface area contributed by atoms with E-state index in [0.29, 0.717) is 25.6 Å².